The van der Waals surface area contributed by atoms with Crippen molar-refractivity contribution in [2.24, 2.45) is 0 Å². The molecule has 1 fully saturated rings. The number of hydrogen-bond donors (Lipinski definition) is 1. The molecule has 2 aromatic rings. The highest BCUT2D eigenvalue weighted by atomic mass is 19.4. The Kier molecular flexibility index (Phi) is 7.23. The molecular weight excluding hydrogens is 400 g/mol. The first kappa shape index (κ1) is 22.0. The number of hydrogen-bond acceptors (Lipinski definition) is 3. The maximum Gasteiger partial charge on any atom is 0.416 e. The minimum atomic E-state index is -4.39. The van der Waals surface area contributed by atoms with Crippen LogP contribution in [-0.4, -0.2) is 43.7 Å². The molecule has 8 heteroatoms. The lowest BCUT2D eigenvalue weighted by Gasteiger charge is -2.34. The number of amides is 1. The Bertz CT molecular complexity index is 858. The number of alkyl halides is 3. The van der Waals surface area contributed by atoms with Gasteiger partial charge in [-0.15, -0.1) is 0 Å². The first-order valence-corrected chi connectivity index (χ1v) is 9.53. The molecule has 1 unspecified atom stereocenters. The number of ether oxygens (including phenoxy) is 1. The molecule has 4 nitrogen and oxygen atoms in total. The summed E-state index contributed by atoms with van der Waals surface area (Å²) in [5, 5.41) is 2.82. The number of benzene rings is 2. The minimum absolute atomic E-state index is 0.141. The molecule has 1 aliphatic heterocycles. The largest absolute Gasteiger partial charge is 0.416 e. The van der Waals surface area contributed by atoms with Gasteiger partial charge in [0.2, 0.25) is 5.91 Å². The Labute approximate surface area is 172 Å². The van der Waals surface area contributed by atoms with Crippen molar-refractivity contribution >= 4 is 12.0 Å². The summed E-state index contributed by atoms with van der Waals surface area (Å²) in [5.74, 6) is -0.696. The van der Waals surface area contributed by atoms with Gasteiger partial charge in [0, 0.05) is 25.7 Å². The van der Waals surface area contributed by atoms with E-state index in [4.69, 9.17) is 4.74 Å². The molecule has 1 saturated heterocycles. The molecule has 1 atom stereocenters. The van der Waals surface area contributed by atoms with E-state index in [1.807, 2.05) is 0 Å². The van der Waals surface area contributed by atoms with Gasteiger partial charge in [-0.2, -0.15) is 13.2 Å². The summed E-state index contributed by atoms with van der Waals surface area (Å²) in [6.45, 7) is 2.86. The van der Waals surface area contributed by atoms with E-state index < -0.39 is 11.7 Å². The normalized spacial score (nSPS) is 16.5. The highest BCUT2D eigenvalue weighted by Gasteiger charge is 2.29. The summed E-state index contributed by atoms with van der Waals surface area (Å²) in [6, 6.07) is 10.6. The van der Waals surface area contributed by atoms with Gasteiger partial charge in [-0.3, -0.25) is 9.69 Å². The van der Waals surface area contributed by atoms with E-state index in [1.165, 1.54) is 36.4 Å². The number of morpholine rings is 1. The monoisotopic (exact) mass is 422 g/mol. The Hall–Kier alpha value is -2.71. The predicted octanol–water partition coefficient (Wildman–Crippen LogP) is 4.05. The van der Waals surface area contributed by atoms with Crippen molar-refractivity contribution < 1.29 is 27.1 Å². The van der Waals surface area contributed by atoms with E-state index in [0.29, 0.717) is 38.4 Å². The van der Waals surface area contributed by atoms with Crippen molar-refractivity contribution in [1.82, 2.24) is 10.2 Å². The fourth-order valence-electron chi connectivity index (χ4n) is 3.24. The zero-order valence-electron chi connectivity index (χ0n) is 16.2. The van der Waals surface area contributed by atoms with E-state index in [1.54, 1.807) is 12.1 Å². The quantitative estimate of drug-likeness (QED) is 0.564. The minimum Gasteiger partial charge on any atom is -0.379 e. The van der Waals surface area contributed by atoms with Gasteiger partial charge in [0.1, 0.15) is 5.82 Å². The van der Waals surface area contributed by atoms with E-state index in [0.717, 1.165) is 17.7 Å². The van der Waals surface area contributed by atoms with Crippen LogP contribution in [0.4, 0.5) is 17.6 Å². The molecule has 2 aromatic carbocycles. The lowest BCUT2D eigenvalue weighted by molar-refractivity contribution is -0.137. The maximum atomic E-state index is 13.3. The first-order valence-electron chi connectivity index (χ1n) is 9.53. The van der Waals surface area contributed by atoms with Crippen LogP contribution < -0.4 is 5.32 Å². The Morgan fingerprint density at radius 3 is 2.30 bits per heavy atom. The molecule has 0 aliphatic carbocycles. The van der Waals surface area contributed by atoms with E-state index in [9.17, 15) is 22.4 Å². The zero-order valence-corrected chi connectivity index (χ0v) is 16.2. The van der Waals surface area contributed by atoms with Crippen molar-refractivity contribution in [2.75, 3.05) is 32.8 Å². The highest BCUT2D eigenvalue weighted by Crippen LogP contribution is 2.29. The molecular formula is C22H22F4N2O2. The SMILES string of the molecule is O=C(/C=C/c1ccc(C(F)(F)F)cc1)NCC(c1ccc(F)cc1)N1CCOCC1. The summed E-state index contributed by atoms with van der Waals surface area (Å²) in [5.41, 5.74) is 0.628. The van der Waals surface area contributed by atoms with Crippen LogP contribution in [-0.2, 0) is 15.7 Å². The van der Waals surface area contributed by atoms with Gasteiger partial charge in [0.15, 0.2) is 0 Å². The number of rotatable bonds is 6. The van der Waals surface area contributed by atoms with Crippen LogP contribution >= 0.6 is 0 Å². The van der Waals surface area contributed by atoms with Gasteiger partial charge in [-0.05, 0) is 41.5 Å². The summed E-state index contributed by atoms with van der Waals surface area (Å²) in [7, 11) is 0. The maximum absolute atomic E-state index is 13.3. The van der Waals surface area contributed by atoms with Gasteiger partial charge in [-0.1, -0.05) is 24.3 Å². The fourth-order valence-corrected chi connectivity index (χ4v) is 3.24. The molecule has 0 radical (unpaired) electrons. The van der Waals surface area contributed by atoms with Crippen molar-refractivity contribution in [3.63, 3.8) is 0 Å². The van der Waals surface area contributed by atoms with Crippen LogP contribution in [0, 0.1) is 5.82 Å². The molecule has 0 aromatic heterocycles. The second-order valence-corrected chi connectivity index (χ2v) is 6.91. The molecule has 1 N–H and O–H groups in total. The van der Waals surface area contributed by atoms with Crippen molar-refractivity contribution in [2.45, 2.75) is 12.2 Å². The zero-order chi connectivity index (χ0) is 21.6. The van der Waals surface area contributed by atoms with Crippen LogP contribution in [0.3, 0.4) is 0 Å². The number of carbonyl (C=O) groups is 1. The smallest absolute Gasteiger partial charge is 0.379 e. The Morgan fingerprint density at radius 2 is 1.70 bits per heavy atom. The summed E-state index contributed by atoms with van der Waals surface area (Å²) in [6.07, 6.45) is -1.66. The van der Waals surface area contributed by atoms with E-state index in [-0.39, 0.29) is 17.8 Å². The Morgan fingerprint density at radius 1 is 1.07 bits per heavy atom. The lowest BCUT2D eigenvalue weighted by Crippen LogP contribution is -2.43. The van der Waals surface area contributed by atoms with Crippen molar-refractivity contribution in [3.05, 3.63) is 77.1 Å². The van der Waals surface area contributed by atoms with Crippen molar-refractivity contribution in [1.29, 1.82) is 0 Å². The van der Waals surface area contributed by atoms with Gasteiger partial charge < -0.3 is 10.1 Å². The molecule has 0 spiro atoms. The molecule has 160 valence electrons. The second-order valence-electron chi connectivity index (χ2n) is 6.91. The van der Waals surface area contributed by atoms with Gasteiger partial charge in [-0.25, -0.2) is 4.39 Å². The third-order valence-corrected chi connectivity index (χ3v) is 4.88. The van der Waals surface area contributed by atoms with Gasteiger partial charge >= 0.3 is 6.18 Å². The Balaban J connectivity index is 1.62. The first-order chi connectivity index (χ1) is 14.3. The van der Waals surface area contributed by atoms with Crippen LogP contribution in [0.1, 0.15) is 22.7 Å². The number of nitrogens with zero attached hydrogens (tertiary/aromatic N) is 1. The summed E-state index contributed by atoms with van der Waals surface area (Å²) < 4.78 is 56.5. The molecule has 0 saturated carbocycles. The number of halogens is 4. The summed E-state index contributed by atoms with van der Waals surface area (Å²) >= 11 is 0. The molecule has 0 bridgehead atoms. The highest BCUT2D eigenvalue weighted by molar-refractivity contribution is 5.91. The fraction of sp³-hybridized carbons (Fsp3) is 0.318. The van der Waals surface area contributed by atoms with Crippen molar-refractivity contribution in [3.8, 4) is 0 Å². The average Bonchev–Trinajstić information content (AvgIpc) is 2.74. The van der Waals surface area contributed by atoms with Crippen LogP contribution in [0.25, 0.3) is 6.08 Å². The number of nitrogens with one attached hydrogen (secondary N) is 1. The molecule has 30 heavy (non-hydrogen) atoms. The predicted molar refractivity (Wildman–Crippen MR) is 105 cm³/mol. The standard InChI is InChI=1S/C22H22F4N2O2/c23-19-8-4-17(5-9-19)20(28-11-13-30-14-12-28)15-27-21(29)10-3-16-1-6-18(7-2-16)22(24,25)26/h1-10,20H,11-15H2,(H,27,29)/b10-3+. The molecule has 1 amide bonds. The molecule has 3 rings (SSSR count). The van der Waals surface area contributed by atoms with E-state index in [2.05, 4.69) is 10.2 Å². The van der Waals surface area contributed by atoms with Gasteiger partial charge in [0.05, 0.1) is 24.8 Å². The van der Waals surface area contributed by atoms with Crippen LogP contribution in [0.2, 0.25) is 0 Å². The lowest BCUT2D eigenvalue weighted by atomic mass is 10.0. The average molecular weight is 422 g/mol. The van der Waals surface area contributed by atoms with Crippen LogP contribution in [0.5, 0.6) is 0 Å². The summed E-state index contributed by atoms with van der Waals surface area (Å²) in [4.78, 5) is 14.4. The third kappa shape index (κ3) is 6.14. The topological polar surface area (TPSA) is 41.6 Å². The third-order valence-electron chi connectivity index (χ3n) is 4.88. The second kappa shape index (κ2) is 9.86. The molecule has 1 aliphatic rings. The van der Waals surface area contributed by atoms with Gasteiger partial charge in [0.25, 0.3) is 0 Å². The number of carbonyl (C=O) groups excluding carboxylic acids is 1. The molecule has 1 heterocycles. The van der Waals surface area contributed by atoms with Crippen LogP contribution in [0.15, 0.2) is 54.6 Å². The van der Waals surface area contributed by atoms with E-state index >= 15 is 0 Å².